The van der Waals surface area contributed by atoms with E-state index < -0.39 is 0 Å². The Morgan fingerprint density at radius 2 is 2.27 bits per heavy atom. The standard InChI is InChI=1S/C12H19N3/c1-15(2)8-7-13-11-4-3-10-5-6-14-12(10)9-11/h3-4,9,13-14H,5-8H2,1-2H3. The van der Waals surface area contributed by atoms with E-state index in [1.807, 2.05) is 0 Å². The van der Waals surface area contributed by atoms with E-state index in [-0.39, 0.29) is 0 Å². The number of benzene rings is 1. The van der Waals surface area contributed by atoms with Crippen molar-refractivity contribution >= 4 is 11.4 Å². The third-order valence-corrected chi connectivity index (χ3v) is 2.71. The zero-order valence-electron chi connectivity index (χ0n) is 9.51. The largest absolute Gasteiger partial charge is 0.384 e. The van der Waals surface area contributed by atoms with Gasteiger partial charge in [0, 0.05) is 31.0 Å². The first-order chi connectivity index (χ1) is 7.25. The fourth-order valence-electron chi connectivity index (χ4n) is 1.82. The van der Waals surface area contributed by atoms with E-state index in [1.165, 1.54) is 16.9 Å². The Hall–Kier alpha value is -1.22. The van der Waals surface area contributed by atoms with Gasteiger partial charge in [-0.15, -0.1) is 0 Å². The average molecular weight is 205 g/mol. The van der Waals surface area contributed by atoms with Crippen LogP contribution in [-0.4, -0.2) is 38.6 Å². The summed E-state index contributed by atoms with van der Waals surface area (Å²) in [6, 6.07) is 6.59. The van der Waals surface area contributed by atoms with Crippen molar-refractivity contribution in [1.29, 1.82) is 0 Å². The number of nitrogens with one attached hydrogen (secondary N) is 2. The van der Waals surface area contributed by atoms with Crippen LogP contribution < -0.4 is 10.6 Å². The highest BCUT2D eigenvalue weighted by molar-refractivity contribution is 5.63. The van der Waals surface area contributed by atoms with E-state index in [2.05, 4.69) is 47.8 Å². The molecule has 1 aliphatic rings. The molecular weight excluding hydrogens is 186 g/mol. The number of fused-ring (bicyclic) bond motifs is 1. The van der Waals surface area contributed by atoms with Crippen LogP contribution in [-0.2, 0) is 6.42 Å². The predicted octanol–water partition coefficient (Wildman–Crippen LogP) is 1.63. The number of hydrogen-bond donors (Lipinski definition) is 2. The summed E-state index contributed by atoms with van der Waals surface area (Å²) in [7, 11) is 4.18. The SMILES string of the molecule is CN(C)CCNc1ccc2c(c1)NCC2. The molecule has 0 aromatic heterocycles. The monoisotopic (exact) mass is 205 g/mol. The number of rotatable bonds is 4. The highest BCUT2D eigenvalue weighted by atomic mass is 15.1. The second-order valence-corrected chi connectivity index (χ2v) is 4.28. The van der Waals surface area contributed by atoms with Crippen LogP contribution >= 0.6 is 0 Å². The Kier molecular flexibility index (Phi) is 3.11. The molecule has 15 heavy (non-hydrogen) atoms. The number of anilines is 2. The molecule has 1 aliphatic heterocycles. The Morgan fingerprint density at radius 1 is 1.40 bits per heavy atom. The van der Waals surface area contributed by atoms with Crippen molar-refractivity contribution in [1.82, 2.24) is 4.90 Å². The second-order valence-electron chi connectivity index (χ2n) is 4.28. The van der Waals surface area contributed by atoms with Crippen molar-refractivity contribution in [3.05, 3.63) is 23.8 Å². The van der Waals surface area contributed by atoms with Gasteiger partial charge in [0.25, 0.3) is 0 Å². The molecule has 2 rings (SSSR count). The molecule has 1 aromatic carbocycles. The Balaban J connectivity index is 1.92. The maximum absolute atomic E-state index is 3.42. The summed E-state index contributed by atoms with van der Waals surface area (Å²) < 4.78 is 0. The highest BCUT2D eigenvalue weighted by Crippen LogP contribution is 2.25. The zero-order valence-corrected chi connectivity index (χ0v) is 9.51. The lowest BCUT2D eigenvalue weighted by Gasteiger charge is -2.12. The van der Waals surface area contributed by atoms with E-state index in [1.54, 1.807) is 0 Å². The smallest absolute Gasteiger partial charge is 0.0394 e. The lowest BCUT2D eigenvalue weighted by atomic mass is 10.1. The Morgan fingerprint density at radius 3 is 3.07 bits per heavy atom. The molecule has 0 bridgehead atoms. The van der Waals surface area contributed by atoms with E-state index in [9.17, 15) is 0 Å². The first-order valence-electron chi connectivity index (χ1n) is 5.51. The van der Waals surface area contributed by atoms with Crippen LogP contribution in [0.3, 0.4) is 0 Å². The molecule has 2 N–H and O–H groups in total. The van der Waals surface area contributed by atoms with Gasteiger partial charge in [-0.25, -0.2) is 0 Å². The molecule has 0 atom stereocenters. The third-order valence-electron chi connectivity index (χ3n) is 2.71. The molecule has 0 saturated heterocycles. The third kappa shape index (κ3) is 2.63. The van der Waals surface area contributed by atoms with E-state index in [0.29, 0.717) is 0 Å². The van der Waals surface area contributed by atoms with Crippen LogP contribution in [0.2, 0.25) is 0 Å². The van der Waals surface area contributed by atoms with Gasteiger partial charge in [0.05, 0.1) is 0 Å². The summed E-state index contributed by atoms with van der Waals surface area (Å²) in [5.74, 6) is 0. The highest BCUT2D eigenvalue weighted by Gasteiger charge is 2.09. The fourth-order valence-corrected chi connectivity index (χ4v) is 1.82. The van der Waals surface area contributed by atoms with Gasteiger partial charge in [0.1, 0.15) is 0 Å². The van der Waals surface area contributed by atoms with Gasteiger partial charge in [-0.1, -0.05) is 6.07 Å². The molecule has 1 aromatic rings. The van der Waals surface area contributed by atoms with E-state index >= 15 is 0 Å². The first kappa shape index (κ1) is 10.3. The quantitative estimate of drug-likeness (QED) is 0.782. The number of hydrogen-bond acceptors (Lipinski definition) is 3. The van der Waals surface area contributed by atoms with Crippen LogP contribution in [0.1, 0.15) is 5.56 Å². The molecule has 0 saturated carbocycles. The summed E-state index contributed by atoms with van der Waals surface area (Å²) in [5, 5.41) is 6.81. The molecule has 0 spiro atoms. The van der Waals surface area contributed by atoms with Crippen LogP contribution in [0.25, 0.3) is 0 Å². The van der Waals surface area contributed by atoms with Crippen molar-refractivity contribution in [2.45, 2.75) is 6.42 Å². The lowest BCUT2D eigenvalue weighted by Crippen LogP contribution is -2.20. The summed E-state index contributed by atoms with van der Waals surface area (Å²) in [6.45, 7) is 3.13. The molecule has 0 unspecified atom stereocenters. The minimum atomic E-state index is 0.992. The van der Waals surface area contributed by atoms with Crippen molar-refractivity contribution in [3.63, 3.8) is 0 Å². The molecule has 0 aliphatic carbocycles. The maximum Gasteiger partial charge on any atom is 0.0394 e. The van der Waals surface area contributed by atoms with Crippen LogP contribution in [0.4, 0.5) is 11.4 Å². The molecular formula is C12H19N3. The van der Waals surface area contributed by atoms with Gasteiger partial charge in [-0.05, 0) is 38.2 Å². The second kappa shape index (κ2) is 4.53. The summed E-state index contributed by atoms with van der Waals surface area (Å²) >= 11 is 0. The van der Waals surface area contributed by atoms with Crippen molar-refractivity contribution in [2.24, 2.45) is 0 Å². The van der Waals surface area contributed by atoms with Gasteiger partial charge in [0.15, 0.2) is 0 Å². The summed E-state index contributed by atoms with van der Waals surface area (Å²) in [4.78, 5) is 2.18. The van der Waals surface area contributed by atoms with Crippen molar-refractivity contribution in [3.8, 4) is 0 Å². The molecule has 0 radical (unpaired) electrons. The van der Waals surface area contributed by atoms with Crippen LogP contribution in [0.5, 0.6) is 0 Å². The maximum atomic E-state index is 3.42. The van der Waals surface area contributed by atoms with Crippen LogP contribution in [0.15, 0.2) is 18.2 Å². The minimum Gasteiger partial charge on any atom is -0.384 e. The summed E-state index contributed by atoms with van der Waals surface area (Å²) in [6.07, 6.45) is 1.16. The normalized spacial score (nSPS) is 13.8. The fraction of sp³-hybridized carbons (Fsp3) is 0.500. The Bertz CT molecular complexity index is 334. The van der Waals surface area contributed by atoms with Crippen LogP contribution in [0, 0.1) is 0 Å². The minimum absolute atomic E-state index is 0.992. The molecule has 82 valence electrons. The van der Waals surface area contributed by atoms with Gasteiger partial charge in [-0.2, -0.15) is 0 Å². The number of nitrogens with zero attached hydrogens (tertiary/aromatic N) is 1. The lowest BCUT2D eigenvalue weighted by molar-refractivity contribution is 0.425. The topological polar surface area (TPSA) is 27.3 Å². The Labute approximate surface area is 91.5 Å². The van der Waals surface area contributed by atoms with Gasteiger partial charge in [0.2, 0.25) is 0 Å². The molecule has 1 heterocycles. The predicted molar refractivity (Wildman–Crippen MR) is 65.7 cm³/mol. The van der Waals surface area contributed by atoms with E-state index in [4.69, 9.17) is 0 Å². The van der Waals surface area contributed by atoms with Crippen molar-refractivity contribution in [2.75, 3.05) is 44.4 Å². The zero-order chi connectivity index (χ0) is 10.7. The molecule has 3 nitrogen and oxygen atoms in total. The van der Waals surface area contributed by atoms with Gasteiger partial charge in [-0.3, -0.25) is 0 Å². The molecule has 3 heteroatoms. The van der Waals surface area contributed by atoms with Crippen molar-refractivity contribution < 1.29 is 0 Å². The van der Waals surface area contributed by atoms with Gasteiger partial charge >= 0.3 is 0 Å². The number of likely N-dealkylation sites (N-methyl/N-ethyl adjacent to an activating group) is 1. The first-order valence-corrected chi connectivity index (χ1v) is 5.51. The summed E-state index contributed by atoms with van der Waals surface area (Å²) in [5.41, 5.74) is 3.95. The molecule has 0 fully saturated rings. The molecule has 0 amide bonds. The van der Waals surface area contributed by atoms with E-state index in [0.717, 1.165) is 26.1 Å². The average Bonchev–Trinajstić information content (AvgIpc) is 2.64. The van der Waals surface area contributed by atoms with Gasteiger partial charge < -0.3 is 15.5 Å².